The first kappa shape index (κ1) is 12.5. The Morgan fingerprint density at radius 1 is 1.53 bits per heavy atom. The van der Waals surface area contributed by atoms with E-state index in [-0.39, 0.29) is 11.8 Å². The molecular weight excluding hydrogens is 188 g/mol. The lowest BCUT2D eigenvalue weighted by atomic mass is 9.96. The van der Waals surface area contributed by atoms with E-state index >= 15 is 0 Å². The van der Waals surface area contributed by atoms with Gasteiger partial charge >= 0.3 is 0 Å². The molecule has 0 aromatic rings. The second kappa shape index (κ2) is 4.52. The van der Waals surface area contributed by atoms with Gasteiger partial charge in [-0.05, 0) is 24.2 Å². The van der Waals surface area contributed by atoms with Gasteiger partial charge in [-0.3, -0.25) is 4.79 Å². The van der Waals surface area contributed by atoms with Gasteiger partial charge in [0.2, 0.25) is 5.91 Å². The molecule has 2 unspecified atom stereocenters. The average Bonchev–Trinajstić information content (AvgIpc) is 2.69. The van der Waals surface area contributed by atoms with Crippen molar-refractivity contribution in [1.29, 1.82) is 0 Å². The zero-order valence-electron chi connectivity index (χ0n) is 10.3. The van der Waals surface area contributed by atoms with Crippen LogP contribution < -0.4 is 11.1 Å². The van der Waals surface area contributed by atoms with Gasteiger partial charge in [-0.2, -0.15) is 0 Å². The first-order valence-corrected chi connectivity index (χ1v) is 5.87. The minimum atomic E-state index is -0.0126. The van der Waals surface area contributed by atoms with Crippen LogP contribution in [-0.4, -0.2) is 18.5 Å². The van der Waals surface area contributed by atoms with Crippen LogP contribution in [0.5, 0.6) is 0 Å². The van der Waals surface area contributed by atoms with Crippen molar-refractivity contribution in [3.05, 3.63) is 0 Å². The summed E-state index contributed by atoms with van der Waals surface area (Å²) in [5.74, 6) is 0.652. The van der Waals surface area contributed by atoms with Crippen molar-refractivity contribution < 1.29 is 4.79 Å². The Hall–Kier alpha value is -0.570. The highest BCUT2D eigenvalue weighted by Crippen LogP contribution is 2.44. The number of nitrogens with one attached hydrogen (secondary N) is 1. The van der Waals surface area contributed by atoms with Gasteiger partial charge in [0, 0.05) is 12.6 Å². The van der Waals surface area contributed by atoms with E-state index in [1.807, 2.05) is 0 Å². The molecule has 0 aromatic heterocycles. The Kier molecular flexibility index (Phi) is 3.77. The third-order valence-electron chi connectivity index (χ3n) is 3.24. The van der Waals surface area contributed by atoms with Gasteiger partial charge in [-0.15, -0.1) is 0 Å². The van der Waals surface area contributed by atoms with E-state index in [9.17, 15) is 4.79 Å². The molecule has 0 aromatic carbocycles. The summed E-state index contributed by atoms with van der Waals surface area (Å²) in [4.78, 5) is 11.9. The van der Waals surface area contributed by atoms with E-state index in [4.69, 9.17) is 5.73 Å². The molecule has 0 spiro atoms. The van der Waals surface area contributed by atoms with Gasteiger partial charge in [-0.25, -0.2) is 0 Å². The molecule has 3 heteroatoms. The molecule has 0 aliphatic heterocycles. The zero-order valence-corrected chi connectivity index (χ0v) is 10.3. The van der Waals surface area contributed by atoms with Gasteiger partial charge in [-0.1, -0.05) is 27.7 Å². The monoisotopic (exact) mass is 212 g/mol. The van der Waals surface area contributed by atoms with Crippen molar-refractivity contribution in [1.82, 2.24) is 5.32 Å². The van der Waals surface area contributed by atoms with Crippen molar-refractivity contribution >= 4 is 5.91 Å². The van der Waals surface area contributed by atoms with Crippen LogP contribution in [0.15, 0.2) is 0 Å². The third kappa shape index (κ3) is 3.49. The topological polar surface area (TPSA) is 55.1 Å². The molecule has 0 saturated heterocycles. The lowest BCUT2D eigenvalue weighted by molar-refractivity contribution is -0.125. The smallest absolute Gasteiger partial charge is 0.224 e. The predicted molar refractivity (Wildman–Crippen MR) is 62.3 cm³/mol. The second-order valence-corrected chi connectivity index (χ2v) is 5.82. The molecule has 1 fully saturated rings. The van der Waals surface area contributed by atoms with Crippen LogP contribution in [-0.2, 0) is 4.79 Å². The fourth-order valence-electron chi connectivity index (χ4n) is 1.88. The summed E-state index contributed by atoms with van der Waals surface area (Å²) in [5, 5.41) is 3.08. The highest BCUT2D eigenvalue weighted by Gasteiger charge is 2.46. The maximum absolute atomic E-state index is 11.9. The summed E-state index contributed by atoms with van der Waals surface area (Å²) in [6.07, 6.45) is 1.98. The fourth-order valence-corrected chi connectivity index (χ4v) is 1.88. The molecule has 0 heterocycles. The number of hydrogen-bond acceptors (Lipinski definition) is 2. The van der Waals surface area contributed by atoms with Gasteiger partial charge < -0.3 is 11.1 Å². The molecule has 0 radical (unpaired) electrons. The van der Waals surface area contributed by atoms with E-state index in [1.165, 1.54) is 0 Å². The number of amides is 1. The van der Waals surface area contributed by atoms with Crippen molar-refractivity contribution in [2.75, 3.05) is 6.54 Å². The van der Waals surface area contributed by atoms with Crippen LogP contribution >= 0.6 is 0 Å². The maximum Gasteiger partial charge on any atom is 0.224 e. The zero-order chi connectivity index (χ0) is 11.6. The molecule has 1 rings (SSSR count). The summed E-state index contributed by atoms with van der Waals surface area (Å²) in [6.45, 7) is 9.06. The third-order valence-corrected chi connectivity index (χ3v) is 3.24. The first-order chi connectivity index (χ1) is 6.86. The van der Waals surface area contributed by atoms with Crippen LogP contribution in [0, 0.1) is 17.3 Å². The number of carbonyl (C=O) groups is 1. The van der Waals surface area contributed by atoms with Crippen LogP contribution in [0.4, 0.5) is 0 Å². The number of rotatable bonds is 5. The van der Waals surface area contributed by atoms with Crippen molar-refractivity contribution in [2.45, 2.75) is 46.6 Å². The molecule has 1 aliphatic rings. The predicted octanol–water partition coefficient (Wildman–Crippen LogP) is 1.52. The molecule has 1 amide bonds. The second-order valence-electron chi connectivity index (χ2n) is 5.82. The average molecular weight is 212 g/mol. The fraction of sp³-hybridized carbons (Fsp3) is 0.917. The summed E-state index contributed by atoms with van der Waals surface area (Å²) in [6, 6.07) is 0.367. The maximum atomic E-state index is 11.9. The molecule has 1 saturated carbocycles. The van der Waals surface area contributed by atoms with Crippen molar-refractivity contribution in [2.24, 2.45) is 23.0 Å². The standard InChI is InChI=1S/C12H24N2O/c1-8(2)5-9(7-13)11(15)14-10-6-12(10,3)4/h8-10H,5-7,13H2,1-4H3,(H,14,15). The summed E-state index contributed by atoms with van der Waals surface area (Å²) in [5.41, 5.74) is 5.92. The van der Waals surface area contributed by atoms with Gasteiger partial charge in [0.25, 0.3) is 0 Å². The molecule has 1 aliphatic carbocycles. The lowest BCUT2D eigenvalue weighted by Gasteiger charge is -2.17. The van der Waals surface area contributed by atoms with Crippen molar-refractivity contribution in [3.8, 4) is 0 Å². The number of carbonyl (C=O) groups excluding carboxylic acids is 1. The Morgan fingerprint density at radius 3 is 2.40 bits per heavy atom. The SMILES string of the molecule is CC(C)CC(CN)C(=O)NC1CC1(C)C. The van der Waals surface area contributed by atoms with Gasteiger partial charge in [0.1, 0.15) is 0 Å². The minimum absolute atomic E-state index is 0.0126. The molecule has 88 valence electrons. The van der Waals surface area contributed by atoms with Gasteiger partial charge in [0.05, 0.1) is 5.92 Å². The van der Waals surface area contributed by atoms with E-state index in [0.717, 1.165) is 12.8 Å². The van der Waals surface area contributed by atoms with Crippen LogP contribution in [0.3, 0.4) is 0 Å². The molecular formula is C12H24N2O. The Morgan fingerprint density at radius 2 is 2.07 bits per heavy atom. The number of hydrogen-bond donors (Lipinski definition) is 2. The number of nitrogens with two attached hydrogens (primary N) is 1. The summed E-state index contributed by atoms with van der Waals surface area (Å²) < 4.78 is 0. The molecule has 3 nitrogen and oxygen atoms in total. The largest absolute Gasteiger partial charge is 0.353 e. The van der Waals surface area contributed by atoms with Gasteiger partial charge in [0.15, 0.2) is 0 Å². The Balaban J connectivity index is 2.37. The highest BCUT2D eigenvalue weighted by molar-refractivity contribution is 5.79. The Labute approximate surface area is 92.8 Å². The minimum Gasteiger partial charge on any atom is -0.353 e. The molecule has 15 heavy (non-hydrogen) atoms. The van der Waals surface area contributed by atoms with Crippen molar-refractivity contribution in [3.63, 3.8) is 0 Å². The van der Waals surface area contributed by atoms with E-state index in [2.05, 4.69) is 33.0 Å². The quantitative estimate of drug-likeness (QED) is 0.726. The highest BCUT2D eigenvalue weighted by atomic mass is 16.2. The van der Waals surface area contributed by atoms with E-state index in [0.29, 0.717) is 23.9 Å². The lowest BCUT2D eigenvalue weighted by Crippen LogP contribution is -2.38. The van der Waals surface area contributed by atoms with E-state index < -0.39 is 0 Å². The van der Waals surface area contributed by atoms with E-state index in [1.54, 1.807) is 0 Å². The first-order valence-electron chi connectivity index (χ1n) is 5.87. The molecule has 3 N–H and O–H groups in total. The van der Waals surface area contributed by atoms with Crippen LogP contribution in [0.1, 0.15) is 40.5 Å². The normalized spacial score (nSPS) is 25.1. The van der Waals surface area contributed by atoms with Crippen LogP contribution in [0.2, 0.25) is 0 Å². The summed E-state index contributed by atoms with van der Waals surface area (Å²) >= 11 is 0. The van der Waals surface area contributed by atoms with Crippen LogP contribution in [0.25, 0.3) is 0 Å². The molecule has 0 bridgehead atoms. The Bertz CT molecular complexity index is 236. The summed E-state index contributed by atoms with van der Waals surface area (Å²) in [7, 11) is 0. The molecule has 2 atom stereocenters.